The molecule has 7 heteroatoms. The maximum atomic E-state index is 12.3. The van der Waals surface area contributed by atoms with Crippen molar-refractivity contribution >= 4 is 46.6 Å². The molecular formula is C17H12ClN3O2S. The van der Waals surface area contributed by atoms with E-state index in [4.69, 9.17) is 11.6 Å². The van der Waals surface area contributed by atoms with E-state index in [0.717, 1.165) is 5.56 Å². The summed E-state index contributed by atoms with van der Waals surface area (Å²) in [5, 5.41) is 8.93. The first kappa shape index (κ1) is 15.2. The molecule has 1 N–H and O–H groups in total. The average molecular weight is 358 g/mol. The Morgan fingerprint density at radius 3 is 2.67 bits per heavy atom. The zero-order chi connectivity index (χ0) is 16.7. The molecular weight excluding hydrogens is 346 g/mol. The zero-order valence-electron chi connectivity index (χ0n) is 12.4. The Bertz CT molecular complexity index is 866. The van der Waals surface area contributed by atoms with E-state index in [1.165, 1.54) is 16.8 Å². The second-order valence-corrected chi connectivity index (χ2v) is 6.91. The molecule has 0 saturated carbocycles. The number of fused-ring (bicyclic) bond motifs is 1. The van der Waals surface area contributed by atoms with Crippen molar-refractivity contribution in [3.05, 3.63) is 64.7 Å². The van der Waals surface area contributed by atoms with Gasteiger partial charge in [-0.05, 0) is 23.8 Å². The van der Waals surface area contributed by atoms with Crippen LogP contribution in [0.1, 0.15) is 16.5 Å². The molecule has 0 bridgehead atoms. The third kappa shape index (κ3) is 2.57. The summed E-state index contributed by atoms with van der Waals surface area (Å²) < 4.78 is 0. The predicted molar refractivity (Wildman–Crippen MR) is 95.1 cm³/mol. The summed E-state index contributed by atoms with van der Waals surface area (Å²) in [7, 11) is 0. The number of carbonyl (C=O) groups is 2. The average Bonchev–Trinajstić information content (AvgIpc) is 3.10. The van der Waals surface area contributed by atoms with Crippen LogP contribution in [0.25, 0.3) is 0 Å². The SMILES string of the molecule is O=C1Nc2ccccc2/C1=N\N1C(=O)CSC1c1ccc(Cl)cc1. The van der Waals surface area contributed by atoms with Crippen LogP contribution in [0.2, 0.25) is 5.02 Å². The number of halogens is 1. The van der Waals surface area contributed by atoms with Gasteiger partial charge in [-0.2, -0.15) is 5.10 Å². The van der Waals surface area contributed by atoms with E-state index in [2.05, 4.69) is 10.4 Å². The molecule has 120 valence electrons. The van der Waals surface area contributed by atoms with Crippen molar-refractivity contribution in [2.75, 3.05) is 11.1 Å². The van der Waals surface area contributed by atoms with Gasteiger partial charge in [0.05, 0.1) is 11.4 Å². The number of hydrogen-bond acceptors (Lipinski definition) is 4. The van der Waals surface area contributed by atoms with E-state index in [1.807, 2.05) is 36.4 Å². The van der Waals surface area contributed by atoms with Crippen molar-refractivity contribution in [3.63, 3.8) is 0 Å². The predicted octanol–water partition coefficient (Wildman–Crippen LogP) is 3.27. The van der Waals surface area contributed by atoms with Crippen LogP contribution >= 0.6 is 23.4 Å². The van der Waals surface area contributed by atoms with Crippen LogP contribution in [0, 0.1) is 0 Å². The lowest BCUT2D eigenvalue weighted by atomic mass is 10.1. The normalized spacial score (nSPS) is 21.3. The minimum Gasteiger partial charge on any atom is -0.320 e. The number of hydrazone groups is 1. The maximum Gasteiger partial charge on any atom is 0.276 e. The number of para-hydroxylation sites is 1. The Labute approximate surface area is 147 Å². The van der Waals surface area contributed by atoms with Gasteiger partial charge >= 0.3 is 0 Å². The van der Waals surface area contributed by atoms with Gasteiger partial charge in [0, 0.05) is 10.6 Å². The molecule has 2 heterocycles. The number of anilines is 1. The first-order valence-electron chi connectivity index (χ1n) is 7.32. The van der Waals surface area contributed by atoms with E-state index in [1.54, 1.807) is 12.1 Å². The zero-order valence-corrected chi connectivity index (χ0v) is 14.0. The van der Waals surface area contributed by atoms with Crippen molar-refractivity contribution < 1.29 is 9.59 Å². The summed E-state index contributed by atoms with van der Waals surface area (Å²) in [6.45, 7) is 0. The monoisotopic (exact) mass is 357 g/mol. The summed E-state index contributed by atoms with van der Waals surface area (Å²) in [5.74, 6) is -0.0896. The van der Waals surface area contributed by atoms with Crippen LogP contribution in [0.15, 0.2) is 53.6 Å². The summed E-state index contributed by atoms with van der Waals surface area (Å²) >= 11 is 7.41. The summed E-state index contributed by atoms with van der Waals surface area (Å²) in [6.07, 6.45) is 0. The summed E-state index contributed by atoms with van der Waals surface area (Å²) in [6, 6.07) is 14.6. The van der Waals surface area contributed by atoms with E-state index >= 15 is 0 Å². The molecule has 1 saturated heterocycles. The molecule has 0 spiro atoms. The van der Waals surface area contributed by atoms with Gasteiger partial charge in [-0.15, -0.1) is 11.8 Å². The van der Waals surface area contributed by atoms with E-state index < -0.39 is 0 Å². The van der Waals surface area contributed by atoms with Crippen molar-refractivity contribution in [3.8, 4) is 0 Å². The van der Waals surface area contributed by atoms with Crippen LogP contribution in [0.4, 0.5) is 5.69 Å². The largest absolute Gasteiger partial charge is 0.320 e. The molecule has 24 heavy (non-hydrogen) atoms. The van der Waals surface area contributed by atoms with Gasteiger partial charge in [0.25, 0.3) is 11.8 Å². The third-order valence-electron chi connectivity index (χ3n) is 3.85. The lowest BCUT2D eigenvalue weighted by Gasteiger charge is -2.19. The Hall–Kier alpha value is -2.31. The fourth-order valence-electron chi connectivity index (χ4n) is 2.70. The molecule has 0 aromatic heterocycles. The molecule has 2 aromatic rings. The minimum atomic E-state index is -0.296. The lowest BCUT2D eigenvalue weighted by molar-refractivity contribution is -0.128. The number of nitrogens with zero attached hydrogens (tertiary/aromatic N) is 2. The molecule has 1 unspecified atom stereocenters. The first-order chi connectivity index (χ1) is 11.6. The van der Waals surface area contributed by atoms with Crippen molar-refractivity contribution in [2.45, 2.75) is 5.37 Å². The van der Waals surface area contributed by atoms with Gasteiger partial charge in [-0.3, -0.25) is 9.59 Å². The molecule has 1 atom stereocenters. The Kier molecular flexibility index (Phi) is 3.78. The molecule has 0 aliphatic carbocycles. The van der Waals surface area contributed by atoms with E-state index in [9.17, 15) is 9.59 Å². The van der Waals surface area contributed by atoms with Gasteiger partial charge in [0.1, 0.15) is 5.37 Å². The van der Waals surface area contributed by atoms with Gasteiger partial charge in [0.15, 0.2) is 5.71 Å². The molecule has 2 aliphatic heterocycles. The number of rotatable bonds is 2. The fourth-order valence-corrected chi connectivity index (χ4v) is 3.91. The highest BCUT2D eigenvalue weighted by Gasteiger charge is 2.35. The Balaban J connectivity index is 1.73. The molecule has 1 fully saturated rings. The standard InChI is InChI=1S/C17H12ClN3O2S/c18-11-7-5-10(6-8-11)17-21(14(22)9-24-17)20-15-12-3-1-2-4-13(12)19-16(15)23/h1-8,17H,9H2,(H,19,20,23). The van der Waals surface area contributed by atoms with Crippen LogP contribution < -0.4 is 5.32 Å². The number of carbonyl (C=O) groups excluding carboxylic acids is 2. The number of amides is 2. The van der Waals surface area contributed by atoms with Crippen molar-refractivity contribution in [1.29, 1.82) is 0 Å². The highest BCUT2D eigenvalue weighted by Crippen LogP contribution is 2.39. The number of nitrogens with one attached hydrogen (secondary N) is 1. The number of benzene rings is 2. The van der Waals surface area contributed by atoms with Crippen molar-refractivity contribution in [2.24, 2.45) is 5.10 Å². The molecule has 2 aromatic carbocycles. The fraction of sp³-hybridized carbons (Fsp3) is 0.118. The Morgan fingerprint density at radius 1 is 1.12 bits per heavy atom. The van der Waals surface area contributed by atoms with Crippen LogP contribution in [0.3, 0.4) is 0 Å². The molecule has 0 radical (unpaired) electrons. The van der Waals surface area contributed by atoms with Crippen LogP contribution in [-0.4, -0.2) is 28.3 Å². The van der Waals surface area contributed by atoms with E-state index in [-0.39, 0.29) is 22.9 Å². The van der Waals surface area contributed by atoms with Gasteiger partial charge in [-0.25, -0.2) is 5.01 Å². The van der Waals surface area contributed by atoms with Gasteiger partial charge in [0.2, 0.25) is 0 Å². The van der Waals surface area contributed by atoms with Crippen LogP contribution in [0.5, 0.6) is 0 Å². The Morgan fingerprint density at radius 2 is 1.88 bits per heavy atom. The van der Waals surface area contributed by atoms with Crippen molar-refractivity contribution in [1.82, 2.24) is 5.01 Å². The lowest BCUT2D eigenvalue weighted by Crippen LogP contribution is -2.27. The quantitative estimate of drug-likeness (QED) is 0.897. The summed E-state index contributed by atoms with van der Waals surface area (Å²) in [5.41, 5.74) is 2.61. The second kappa shape index (κ2) is 5.96. The molecule has 2 amide bonds. The van der Waals surface area contributed by atoms with Gasteiger partial charge < -0.3 is 5.32 Å². The second-order valence-electron chi connectivity index (χ2n) is 5.40. The topological polar surface area (TPSA) is 61.8 Å². The highest BCUT2D eigenvalue weighted by atomic mass is 35.5. The smallest absolute Gasteiger partial charge is 0.276 e. The summed E-state index contributed by atoms with van der Waals surface area (Å²) in [4.78, 5) is 24.5. The maximum absolute atomic E-state index is 12.3. The highest BCUT2D eigenvalue weighted by molar-refractivity contribution is 8.00. The molecule has 5 nitrogen and oxygen atoms in total. The molecule has 2 aliphatic rings. The molecule has 4 rings (SSSR count). The third-order valence-corrected chi connectivity index (χ3v) is 5.30. The van der Waals surface area contributed by atoms with Gasteiger partial charge in [-0.1, -0.05) is 41.9 Å². The minimum absolute atomic E-state index is 0.121. The first-order valence-corrected chi connectivity index (χ1v) is 8.74. The number of hydrogen-bond donors (Lipinski definition) is 1. The number of thioether (sulfide) groups is 1. The van der Waals surface area contributed by atoms with Crippen LogP contribution in [-0.2, 0) is 9.59 Å². The van der Waals surface area contributed by atoms with E-state index in [0.29, 0.717) is 22.0 Å².